The third-order valence-electron chi connectivity index (χ3n) is 11.5. The summed E-state index contributed by atoms with van der Waals surface area (Å²) in [6.45, 7) is 16.1. The molecule has 4 heterocycles. The maximum absolute atomic E-state index is 15.6. The molecule has 0 saturated heterocycles. The van der Waals surface area contributed by atoms with Crippen LogP contribution in [0, 0.1) is 27.7 Å². The topological polar surface area (TPSA) is 81.2 Å². The summed E-state index contributed by atoms with van der Waals surface area (Å²) in [5.41, 5.74) is 8.52. The molecule has 0 radical (unpaired) electrons. The highest BCUT2D eigenvalue weighted by atomic mass is 16.2. The van der Waals surface area contributed by atoms with Crippen LogP contribution in [0.4, 0.5) is 0 Å². The van der Waals surface area contributed by atoms with Gasteiger partial charge in [0.15, 0.2) is 0 Å². The van der Waals surface area contributed by atoms with Gasteiger partial charge in [0.05, 0.1) is 45.1 Å². The summed E-state index contributed by atoms with van der Waals surface area (Å²) in [6.07, 6.45) is 0. The van der Waals surface area contributed by atoms with Crippen LogP contribution < -0.4 is 0 Å². The van der Waals surface area contributed by atoms with Gasteiger partial charge in [-0.05, 0) is 77.6 Å². The number of carbonyl (C=O) groups is 4. The summed E-state index contributed by atoms with van der Waals surface area (Å²) in [5.74, 6) is -1.29. The van der Waals surface area contributed by atoms with Crippen molar-refractivity contribution in [2.24, 2.45) is 0 Å². The second-order valence-electron chi connectivity index (χ2n) is 15.0. The zero-order chi connectivity index (χ0) is 39.1. The lowest BCUT2D eigenvalue weighted by molar-refractivity contribution is -0.138. The number of nitrogens with zero attached hydrogens (tertiary/aromatic N) is 4. The summed E-state index contributed by atoms with van der Waals surface area (Å²) >= 11 is 0. The Balaban J connectivity index is 1.44. The molecule has 4 aliphatic rings. The van der Waals surface area contributed by atoms with E-state index in [-0.39, 0.29) is 23.6 Å². The number of hydrogen-bond acceptors (Lipinski definition) is 4. The first-order valence-corrected chi connectivity index (χ1v) is 18.9. The number of benzene rings is 4. The summed E-state index contributed by atoms with van der Waals surface area (Å²) in [5, 5.41) is 0. The van der Waals surface area contributed by atoms with Crippen LogP contribution in [0.2, 0.25) is 0 Å². The molecule has 0 bridgehead atoms. The molecule has 0 aromatic heterocycles. The van der Waals surface area contributed by atoms with E-state index in [1.807, 2.05) is 152 Å². The lowest BCUT2D eigenvalue weighted by Gasteiger charge is -2.45. The van der Waals surface area contributed by atoms with Gasteiger partial charge in [-0.3, -0.25) is 29.0 Å². The largest absolute Gasteiger partial charge is 0.307 e. The highest BCUT2D eigenvalue weighted by molar-refractivity contribution is 6.32. The predicted molar refractivity (Wildman–Crippen MR) is 215 cm³/mol. The number of likely N-dealkylation sites (N-methyl/N-ethyl adjacent to an activating group) is 2. The smallest absolute Gasteiger partial charge is 0.263 e. The SMILES string of the molecule is CCN1C(=O)C2=C(c3ccccc3C)N(C(C)(C)N3C(=O)C4=C(c5ccccc5C)N(CC)C(=O)C4=C3c3ccccc3C)C(=O)C2=C1c1ccccc1C. The first-order valence-electron chi connectivity index (χ1n) is 18.9. The average Bonchev–Trinajstić information content (AvgIpc) is 3.84. The first-order chi connectivity index (χ1) is 26.4. The van der Waals surface area contributed by atoms with E-state index in [1.165, 1.54) is 0 Å². The number of hydrogen-bond donors (Lipinski definition) is 0. The molecule has 4 aromatic rings. The van der Waals surface area contributed by atoms with Crippen molar-refractivity contribution in [3.63, 3.8) is 0 Å². The third kappa shape index (κ3) is 4.97. The number of rotatable bonds is 8. The van der Waals surface area contributed by atoms with Gasteiger partial charge in [0.25, 0.3) is 23.6 Å². The van der Waals surface area contributed by atoms with Gasteiger partial charge in [0, 0.05) is 35.3 Å². The molecule has 55 heavy (non-hydrogen) atoms. The predicted octanol–water partition coefficient (Wildman–Crippen LogP) is 8.01. The fraction of sp³-hybridized carbons (Fsp3) is 0.234. The molecular formula is C47H44N4O4. The number of aryl methyl sites for hydroxylation is 4. The Labute approximate surface area is 322 Å². The molecule has 4 aromatic carbocycles. The Morgan fingerprint density at radius 1 is 0.400 bits per heavy atom. The Kier molecular flexibility index (Phi) is 8.41. The van der Waals surface area contributed by atoms with Gasteiger partial charge < -0.3 is 9.80 Å². The van der Waals surface area contributed by atoms with E-state index < -0.39 is 5.66 Å². The van der Waals surface area contributed by atoms with E-state index in [1.54, 1.807) is 19.6 Å². The highest BCUT2D eigenvalue weighted by Crippen LogP contribution is 2.54. The molecule has 0 saturated carbocycles. The maximum Gasteiger partial charge on any atom is 0.263 e. The molecule has 0 fully saturated rings. The van der Waals surface area contributed by atoms with Crippen molar-refractivity contribution in [2.45, 2.75) is 61.1 Å². The van der Waals surface area contributed by atoms with Gasteiger partial charge in [-0.1, -0.05) is 97.1 Å². The Hall–Kier alpha value is -6.28. The van der Waals surface area contributed by atoms with Crippen LogP contribution >= 0.6 is 0 Å². The highest BCUT2D eigenvalue weighted by Gasteiger charge is 2.59. The van der Waals surface area contributed by atoms with Gasteiger partial charge in [0.2, 0.25) is 0 Å². The van der Waals surface area contributed by atoms with Crippen molar-refractivity contribution >= 4 is 46.4 Å². The van der Waals surface area contributed by atoms with Crippen molar-refractivity contribution in [3.8, 4) is 0 Å². The second-order valence-corrected chi connectivity index (χ2v) is 15.0. The zero-order valence-corrected chi connectivity index (χ0v) is 32.6. The van der Waals surface area contributed by atoms with E-state index in [2.05, 4.69) is 0 Å². The fourth-order valence-corrected chi connectivity index (χ4v) is 8.87. The minimum atomic E-state index is -1.43. The van der Waals surface area contributed by atoms with Gasteiger partial charge >= 0.3 is 0 Å². The molecule has 0 N–H and O–H groups in total. The number of carbonyl (C=O) groups excluding carboxylic acids is 4. The molecular weight excluding hydrogens is 685 g/mol. The van der Waals surface area contributed by atoms with Crippen molar-refractivity contribution in [2.75, 3.05) is 13.1 Å². The van der Waals surface area contributed by atoms with Crippen LogP contribution in [0.15, 0.2) is 119 Å². The van der Waals surface area contributed by atoms with Crippen LogP contribution in [-0.2, 0) is 19.2 Å². The monoisotopic (exact) mass is 728 g/mol. The normalized spacial score (nSPS) is 17.3. The number of fused-ring (bicyclic) bond motifs is 2. The lowest BCUT2D eigenvalue weighted by atomic mass is 9.97. The second kappa shape index (κ2) is 12.9. The molecule has 8 nitrogen and oxygen atoms in total. The third-order valence-corrected chi connectivity index (χ3v) is 11.5. The van der Waals surface area contributed by atoms with E-state index in [0.29, 0.717) is 69.3 Å². The molecule has 4 amide bonds. The van der Waals surface area contributed by atoms with Crippen molar-refractivity contribution < 1.29 is 19.2 Å². The van der Waals surface area contributed by atoms with Crippen molar-refractivity contribution in [3.05, 3.63) is 164 Å². The molecule has 4 aliphatic heterocycles. The summed E-state index contributed by atoms with van der Waals surface area (Å²) in [4.78, 5) is 67.2. The molecule has 0 spiro atoms. The van der Waals surface area contributed by atoms with Crippen molar-refractivity contribution in [1.29, 1.82) is 0 Å². The average molecular weight is 729 g/mol. The molecule has 0 atom stereocenters. The van der Waals surface area contributed by atoms with Crippen molar-refractivity contribution in [1.82, 2.24) is 19.6 Å². The van der Waals surface area contributed by atoms with Crippen LogP contribution in [-0.4, -0.2) is 62.0 Å². The first kappa shape index (κ1) is 35.7. The maximum atomic E-state index is 15.6. The zero-order valence-electron chi connectivity index (χ0n) is 32.6. The van der Waals surface area contributed by atoms with E-state index in [0.717, 1.165) is 33.4 Å². The Morgan fingerprint density at radius 2 is 0.655 bits per heavy atom. The van der Waals surface area contributed by atoms with E-state index >= 15 is 9.59 Å². The lowest BCUT2D eigenvalue weighted by Crippen LogP contribution is -2.57. The van der Waals surface area contributed by atoms with E-state index in [9.17, 15) is 9.59 Å². The number of amides is 4. The molecule has 8 heteroatoms. The van der Waals surface area contributed by atoms with Crippen LogP contribution in [0.25, 0.3) is 22.8 Å². The molecule has 0 aliphatic carbocycles. The minimum absolute atomic E-state index is 0.263. The quantitative estimate of drug-likeness (QED) is 0.184. The van der Waals surface area contributed by atoms with Crippen LogP contribution in [0.3, 0.4) is 0 Å². The standard InChI is InChI=1S/C47H44N4O4/c1-9-48-39(31-23-15-11-19-27(31)3)35-37(43(48)52)41(33-25-17-13-21-29(33)5)50(45(35)54)47(7,8)51-42(34-26-18-14-22-30(34)6)38-36(46(51)55)40(49(10-2)44(38)53)32-24-16-12-20-28(32)4/h11-26H,9-10H2,1-8H3. The van der Waals surface area contributed by atoms with Gasteiger partial charge in [-0.15, -0.1) is 0 Å². The summed E-state index contributed by atoms with van der Waals surface area (Å²) in [6, 6.07) is 31.0. The molecule has 8 rings (SSSR count). The van der Waals surface area contributed by atoms with Gasteiger partial charge in [0.1, 0.15) is 5.66 Å². The molecule has 0 unspecified atom stereocenters. The van der Waals surface area contributed by atoms with Crippen LogP contribution in [0.5, 0.6) is 0 Å². The Morgan fingerprint density at radius 3 is 0.927 bits per heavy atom. The van der Waals surface area contributed by atoms with E-state index in [4.69, 9.17) is 0 Å². The van der Waals surface area contributed by atoms with Gasteiger partial charge in [-0.25, -0.2) is 0 Å². The Bertz CT molecular complexity index is 2360. The van der Waals surface area contributed by atoms with Crippen LogP contribution in [0.1, 0.15) is 72.2 Å². The summed E-state index contributed by atoms with van der Waals surface area (Å²) in [7, 11) is 0. The molecule has 276 valence electrons. The summed E-state index contributed by atoms with van der Waals surface area (Å²) < 4.78 is 0. The van der Waals surface area contributed by atoms with Gasteiger partial charge in [-0.2, -0.15) is 0 Å². The minimum Gasteiger partial charge on any atom is -0.307 e. The fourth-order valence-electron chi connectivity index (χ4n) is 8.87.